The van der Waals surface area contributed by atoms with Crippen molar-refractivity contribution in [2.75, 3.05) is 5.75 Å². The molecular weight excluding hydrogens is 271 g/mol. The van der Waals surface area contributed by atoms with Gasteiger partial charge in [-0.25, -0.2) is 4.39 Å². The first-order valence-electron chi connectivity index (χ1n) is 6.75. The summed E-state index contributed by atoms with van der Waals surface area (Å²) in [5.74, 6) is 0.543. The van der Waals surface area contributed by atoms with Crippen LogP contribution >= 0.6 is 11.8 Å². The Hall–Kier alpha value is -1.39. The van der Waals surface area contributed by atoms with Gasteiger partial charge in [-0.1, -0.05) is 19.1 Å². The fourth-order valence-corrected chi connectivity index (χ4v) is 2.77. The molecule has 20 heavy (non-hydrogen) atoms. The van der Waals surface area contributed by atoms with Gasteiger partial charge in [0.05, 0.1) is 0 Å². The third-order valence-electron chi connectivity index (χ3n) is 3.03. The Morgan fingerprint density at radius 2 is 2.15 bits per heavy atom. The number of benzene rings is 1. The molecule has 1 heterocycles. The van der Waals surface area contributed by atoms with Crippen LogP contribution in [0.15, 0.2) is 47.5 Å². The summed E-state index contributed by atoms with van der Waals surface area (Å²) in [4.78, 5) is 5.32. The van der Waals surface area contributed by atoms with Crippen LogP contribution in [0.5, 0.6) is 0 Å². The first kappa shape index (κ1) is 15.0. The summed E-state index contributed by atoms with van der Waals surface area (Å²) >= 11 is 1.58. The average Bonchev–Trinajstić information content (AvgIpc) is 2.46. The van der Waals surface area contributed by atoms with Gasteiger partial charge in [-0.05, 0) is 36.2 Å². The first-order valence-corrected chi connectivity index (χ1v) is 7.73. The number of pyridine rings is 1. The molecule has 0 saturated heterocycles. The lowest BCUT2D eigenvalue weighted by Crippen LogP contribution is -2.26. The normalized spacial score (nSPS) is 12.3. The van der Waals surface area contributed by atoms with Gasteiger partial charge in [0.25, 0.3) is 0 Å². The van der Waals surface area contributed by atoms with E-state index in [1.807, 2.05) is 18.3 Å². The van der Waals surface area contributed by atoms with Gasteiger partial charge >= 0.3 is 0 Å². The number of aryl methyl sites for hydroxylation is 1. The van der Waals surface area contributed by atoms with Crippen molar-refractivity contribution in [3.8, 4) is 0 Å². The molecule has 1 unspecified atom stereocenters. The van der Waals surface area contributed by atoms with Gasteiger partial charge in [0.15, 0.2) is 0 Å². The minimum Gasteiger partial charge on any atom is -0.327 e. The Kier molecular flexibility index (Phi) is 5.56. The minimum atomic E-state index is -0.208. The molecule has 1 atom stereocenters. The summed E-state index contributed by atoms with van der Waals surface area (Å²) in [7, 11) is 0. The van der Waals surface area contributed by atoms with E-state index in [4.69, 9.17) is 5.73 Å². The molecule has 0 spiro atoms. The second-order valence-corrected chi connectivity index (χ2v) is 5.84. The lowest BCUT2D eigenvalue weighted by molar-refractivity contribution is 0.624. The molecule has 0 aliphatic rings. The maximum atomic E-state index is 13.1. The number of hydrogen-bond donors (Lipinski definition) is 1. The first-order chi connectivity index (χ1) is 9.67. The predicted molar refractivity (Wildman–Crippen MR) is 82.4 cm³/mol. The van der Waals surface area contributed by atoms with Crippen LogP contribution in [0.3, 0.4) is 0 Å². The highest BCUT2D eigenvalue weighted by atomic mass is 32.2. The Labute approximate surface area is 123 Å². The molecule has 4 heteroatoms. The van der Waals surface area contributed by atoms with Crippen LogP contribution in [0.1, 0.15) is 18.2 Å². The molecule has 106 valence electrons. The second-order valence-electron chi connectivity index (χ2n) is 4.74. The molecule has 1 aromatic heterocycles. The smallest absolute Gasteiger partial charge is 0.124 e. The van der Waals surface area contributed by atoms with Gasteiger partial charge in [0.1, 0.15) is 5.82 Å². The van der Waals surface area contributed by atoms with E-state index in [0.29, 0.717) is 0 Å². The summed E-state index contributed by atoms with van der Waals surface area (Å²) in [6.07, 6.45) is 3.64. The summed E-state index contributed by atoms with van der Waals surface area (Å²) in [5.41, 5.74) is 8.35. The summed E-state index contributed by atoms with van der Waals surface area (Å²) in [5, 5.41) is 0. The van der Waals surface area contributed by atoms with E-state index in [9.17, 15) is 4.39 Å². The average molecular weight is 290 g/mol. The third-order valence-corrected chi connectivity index (χ3v) is 4.21. The number of nitrogens with two attached hydrogens (primary N) is 1. The zero-order valence-corrected chi connectivity index (χ0v) is 12.4. The van der Waals surface area contributed by atoms with E-state index in [1.54, 1.807) is 17.8 Å². The quantitative estimate of drug-likeness (QED) is 0.828. The van der Waals surface area contributed by atoms with Crippen molar-refractivity contribution in [1.82, 2.24) is 4.98 Å². The molecule has 2 aromatic rings. The molecule has 0 aliphatic carbocycles. The second kappa shape index (κ2) is 7.41. The van der Waals surface area contributed by atoms with Crippen molar-refractivity contribution >= 4 is 11.8 Å². The van der Waals surface area contributed by atoms with E-state index in [-0.39, 0.29) is 11.9 Å². The molecular formula is C16H19FN2S. The monoisotopic (exact) mass is 290 g/mol. The molecule has 1 aromatic carbocycles. The molecule has 2 nitrogen and oxygen atoms in total. The van der Waals surface area contributed by atoms with Crippen molar-refractivity contribution in [2.45, 2.75) is 30.7 Å². The molecule has 2 rings (SSSR count). The number of nitrogens with zero attached hydrogens (tertiary/aromatic N) is 1. The van der Waals surface area contributed by atoms with E-state index >= 15 is 0 Å². The molecule has 2 N–H and O–H groups in total. The zero-order valence-electron chi connectivity index (χ0n) is 11.6. The lowest BCUT2D eigenvalue weighted by Gasteiger charge is -2.11. The number of rotatable bonds is 6. The Bertz CT molecular complexity index is 542. The fraction of sp³-hybridized carbons (Fsp3) is 0.312. The highest BCUT2D eigenvalue weighted by Gasteiger charge is 2.07. The van der Waals surface area contributed by atoms with Crippen molar-refractivity contribution in [3.63, 3.8) is 0 Å². The van der Waals surface area contributed by atoms with Crippen LogP contribution in [0, 0.1) is 5.82 Å². The van der Waals surface area contributed by atoms with Gasteiger partial charge in [-0.3, -0.25) is 4.98 Å². The van der Waals surface area contributed by atoms with Crippen molar-refractivity contribution in [1.29, 1.82) is 0 Å². The predicted octanol–water partition coefficient (Wildman–Crippen LogP) is 3.45. The van der Waals surface area contributed by atoms with Crippen LogP contribution in [-0.2, 0) is 12.8 Å². The minimum absolute atomic E-state index is 0.0169. The number of halogens is 1. The summed E-state index contributed by atoms with van der Waals surface area (Å²) < 4.78 is 13.1. The van der Waals surface area contributed by atoms with Gasteiger partial charge in [-0.2, -0.15) is 0 Å². The van der Waals surface area contributed by atoms with Crippen LogP contribution in [0.4, 0.5) is 4.39 Å². The number of thioether (sulfide) groups is 1. The van der Waals surface area contributed by atoms with Crippen LogP contribution < -0.4 is 5.73 Å². The summed E-state index contributed by atoms with van der Waals surface area (Å²) in [6, 6.07) is 10.7. The Morgan fingerprint density at radius 1 is 1.30 bits per heavy atom. The molecule has 0 aliphatic heterocycles. The Balaban J connectivity index is 1.84. The fourth-order valence-electron chi connectivity index (χ4n) is 1.87. The highest BCUT2D eigenvalue weighted by molar-refractivity contribution is 7.99. The van der Waals surface area contributed by atoms with Gasteiger partial charge < -0.3 is 5.73 Å². The van der Waals surface area contributed by atoms with E-state index < -0.39 is 0 Å². The Morgan fingerprint density at radius 3 is 2.80 bits per heavy atom. The van der Waals surface area contributed by atoms with Gasteiger partial charge in [-0.15, -0.1) is 11.8 Å². The third kappa shape index (κ3) is 4.62. The van der Waals surface area contributed by atoms with Gasteiger partial charge in [0.2, 0.25) is 0 Å². The van der Waals surface area contributed by atoms with Gasteiger partial charge in [0, 0.05) is 35.0 Å². The summed E-state index contributed by atoms with van der Waals surface area (Å²) in [6.45, 7) is 2.11. The van der Waals surface area contributed by atoms with E-state index in [0.717, 1.165) is 29.2 Å². The molecule has 0 fully saturated rings. The number of aromatic nitrogens is 1. The maximum Gasteiger partial charge on any atom is 0.124 e. The van der Waals surface area contributed by atoms with Crippen molar-refractivity contribution in [2.24, 2.45) is 5.73 Å². The molecule has 0 radical (unpaired) electrons. The maximum absolute atomic E-state index is 13.1. The van der Waals surface area contributed by atoms with Crippen molar-refractivity contribution < 1.29 is 4.39 Å². The molecule has 0 amide bonds. The SMILES string of the molecule is CCc1ccc(CC(N)CSc2cccc(F)c2)nc1. The zero-order chi connectivity index (χ0) is 14.4. The van der Waals surface area contributed by atoms with E-state index in [1.165, 1.54) is 17.7 Å². The van der Waals surface area contributed by atoms with Crippen LogP contribution in [-0.4, -0.2) is 16.8 Å². The van der Waals surface area contributed by atoms with Crippen LogP contribution in [0.25, 0.3) is 0 Å². The largest absolute Gasteiger partial charge is 0.327 e. The van der Waals surface area contributed by atoms with E-state index in [2.05, 4.69) is 18.0 Å². The topological polar surface area (TPSA) is 38.9 Å². The van der Waals surface area contributed by atoms with Crippen LogP contribution in [0.2, 0.25) is 0 Å². The highest BCUT2D eigenvalue weighted by Crippen LogP contribution is 2.19. The standard InChI is InChI=1S/C16H19FN2S/c1-2-12-6-7-15(19-10-12)9-14(18)11-20-16-5-3-4-13(17)8-16/h3-8,10,14H,2,9,11,18H2,1H3. The molecule has 0 bridgehead atoms. The lowest BCUT2D eigenvalue weighted by atomic mass is 10.1. The molecule has 0 saturated carbocycles. The number of hydrogen-bond acceptors (Lipinski definition) is 3. The van der Waals surface area contributed by atoms with Crippen molar-refractivity contribution in [3.05, 3.63) is 59.7 Å².